The molecular formula is C8H11F2N5. The summed E-state index contributed by atoms with van der Waals surface area (Å²) >= 11 is 0. The molecule has 0 bridgehead atoms. The molecule has 3 N–H and O–H groups in total. The van der Waals surface area contributed by atoms with Gasteiger partial charge in [-0.15, -0.1) is 0 Å². The van der Waals surface area contributed by atoms with E-state index in [2.05, 4.69) is 15.3 Å². The number of nitrogens with one attached hydrogen (secondary N) is 1. The lowest BCUT2D eigenvalue weighted by Gasteiger charge is -2.39. The van der Waals surface area contributed by atoms with E-state index in [-0.39, 0.29) is 18.9 Å². The third-order valence-corrected chi connectivity index (χ3v) is 2.12. The number of hydrogen-bond acceptors (Lipinski definition) is 5. The summed E-state index contributed by atoms with van der Waals surface area (Å²) in [4.78, 5) is 9.36. The second-order valence-electron chi connectivity index (χ2n) is 3.44. The van der Waals surface area contributed by atoms with Crippen LogP contribution in [0.4, 0.5) is 26.4 Å². The van der Waals surface area contributed by atoms with Crippen LogP contribution in [0.5, 0.6) is 0 Å². The standard InChI is InChI=1S/C8H11F2N5/c1-12-7-13-5(11)2-6(14-7)15-3-8(9,10)4-15/h2H,3-4H2,1H3,(H3,11,12,13,14). The molecular weight excluding hydrogens is 204 g/mol. The van der Waals surface area contributed by atoms with Gasteiger partial charge >= 0.3 is 0 Å². The van der Waals surface area contributed by atoms with Gasteiger partial charge in [-0.25, -0.2) is 8.78 Å². The van der Waals surface area contributed by atoms with E-state index in [9.17, 15) is 8.78 Å². The summed E-state index contributed by atoms with van der Waals surface area (Å²) < 4.78 is 25.2. The summed E-state index contributed by atoms with van der Waals surface area (Å²) in [6.07, 6.45) is 0. The molecule has 1 aromatic rings. The van der Waals surface area contributed by atoms with Gasteiger partial charge in [-0.3, -0.25) is 0 Å². The molecule has 1 aliphatic rings. The number of rotatable bonds is 2. The number of anilines is 3. The highest BCUT2D eigenvalue weighted by Crippen LogP contribution is 2.31. The fourth-order valence-corrected chi connectivity index (χ4v) is 1.40. The van der Waals surface area contributed by atoms with Crippen LogP contribution in [0.3, 0.4) is 0 Å². The van der Waals surface area contributed by atoms with Gasteiger partial charge in [0, 0.05) is 13.1 Å². The lowest BCUT2D eigenvalue weighted by atomic mass is 10.1. The van der Waals surface area contributed by atoms with Gasteiger partial charge in [0.15, 0.2) is 0 Å². The maximum absolute atomic E-state index is 12.6. The molecule has 0 unspecified atom stereocenters. The molecule has 5 nitrogen and oxygen atoms in total. The number of alkyl halides is 2. The molecule has 7 heteroatoms. The van der Waals surface area contributed by atoms with E-state index >= 15 is 0 Å². The number of hydrogen-bond donors (Lipinski definition) is 2. The largest absolute Gasteiger partial charge is 0.383 e. The minimum Gasteiger partial charge on any atom is -0.383 e. The zero-order valence-electron chi connectivity index (χ0n) is 8.17. The SMILES string of the molecule is CNc1nc(N)cc(N2CC(F)(F)C2)n1. The van der Waals surface area contributed by atoms with E-state index in [0.717, 1.165) is 0 Å². The average molecular weight is 215 g/mol. The Kier molecular flexibility index (Phi) is 2.09. The molecule has 0 atom stereocenters. The Balaban J connectivity index is 2.19. The maximum Gasteiger partial charge on any atom is 0.282 e. The van der Waals surface area contributed by atoms with Gasteiger partial charge in [-0.1, -0.05) is 0 Å². The first-order valence-electron chi connectivity index (χ1n) is 4.45. The highest BCUT2D eigenvalue weighted by Gasteiger charge is 2.44. The van der Waals surface area contributed by atoms with Crippen molar-refractivity contribution in [1.82, 2.24) is 9.97 Å². The predicted molar refractivity (Wildman–Crippen MR) is 53.2 cm³/mol. The van der Waals surface area contributed by atoms with Crippen LogP contribution in [0.1, 0.15) is 0 Å². The van der Waals surface area contributed by atoms with Crippen LogP contribution >= 0.6 is 0 Å². The van der Waals surface area contributed by atoms with E-state index < -0.39 is 5.92 Å². The summed E-state index contributed by atoms with van der Waals surface area (Å²) in [6.45, 7) is -0.626. The summed E-state index contributed by atoms with van der Waals surface area (Å²) in [6, 6.07) is 1.48. The van der Waals surface area contributed by atoms with Crippen LogP contribution in [0.15, 0.2) is 6.07 Å². The molecule has 0 amide bonds. The number of nitrogens with zero attached hydrogens (tertiary/aromatic N) is 3. The zero-order chi connectivity index (χ0) is 11.1. The van der Waals surface area contributed by atoms with Crippen molar-refractivity contribution in [1.29, 1.82) is 0 Å². The Hall–Kier alpha value is -1.66. The molecule has 0 radical (unpaired) electrons. The van der Waals surface area contributed by atoms with E-state index in [0.29, 0.717) is 11.8 Å². The minimum absolute atomic E-state index is 0.263. The Bertz CT molecular complexity index is 373. The van der Waals surface area contributed by atoms with Crippen LogP contribution in [-0.4, -0.2) is 36.0 Å². The molecule has 0 aromatic carbocycles. The quantitative estimate of drug-likeness (QED) is 0.754. The van der Waals surface area contributed by atoms with Crippen molar-refractivity contribution in [2.45, 2.75) is 5.92 Å². The summed E-state index contributed by atoms with van der Waals surface area (Å²) in [7, 11) is 1.64. The van der Waals surface area contributed by atoms with Crippen LogP contribution in [0, 0.1) is 0 Å². The molecule has 2 rings (SSSR count). The Morgan fingerprint density at radius 1 is 1.47 bits per heavy atom. The van der Waals surface area contributed by atoms with Crippen LogP contribution in [0.25, 0.3) is 0 Å². The van der Waals surface area contributed by atoms with E-state index in [1.54, 1.807) is 7.05 Å². The molecule has 82 valence electrons. The van der Waals surface area contributed by atoms with Gasteiger partial charge < -0.3 is 16.0 Å². The number of nitrogens with two attached hydrogens (primary N) is 1. The summed E-state index contributed by atoms with van der Waals surface area (Å²) in [5.74, 6) is -1.59. The lowest BCUT2D eigenvalue weighted by Crippen LogP contribution is -2.56. The summed E-state index contributed by atoms with van der Waals surface area (Å²) in [5.41, 5.74) is 5.51. The van der Waals surface area contributed by atoms with Gasteiger partial charge in [0.1, 0.15) is 11.6 Å². The fraction of sp³-hybridized carbons (Fsp3) is 0.500. The van der Waals surface area contributed by atoms with Gasteiger partial charge in [0.2, 0.25) is 5.95 Å². The highest BCUT2D eigenvalue weighted by atomic mass is 19.3. The Morgan fingerprint density at radius 3 is 2.67 bits per heavy atom. The van der Waals surface area contributed by atoms with Crippen molar-refractivity contribution in [3.05, 3.63) is 6.07 Å². The van der Waals surface area contributed by atoms with Gasteiger partial charge in [0.05, 0.1) is 13.1 Å². The van der Waals surface area contributed by atoms with Crippen molar-refractivity contribution < 1.29 is 8.78 Å². The number of nitrogen functional groups attached to an aromatic ring is 1. The van der Waals surface area contributed by atoms with Gasteiger partial charge in [0.25, 0.3) is 5.92 Å². The molecule has 15 heavy (non-hydrogen) atoms. The molecule has 1 fully saturated rings. The first-order chi connectivity index (χ1) is 7.00. The second kappa shape index (κ2) is 3.18. The molecule has 1 saturated heterocycles. The first-order valence-corrected chi connectivity index (χ1v) is 4.45. The molecule has 2 heterocycles. The monoisotopic (exact) mass is 215 g/mol. The normalized spacial score (nSPS) is 18.5. The van der Waals surface area contributed by atoms with Crippen LogP contribution < -0.4 is 16.0 Å². The van der Waals surface area contributed by atoms with Crippen LogP contribution in [0.2, 0.25) is 0 Å². The third kappa shape index (κ3) is 1.90. The van der Waals surface area contributed by atoms with Crippen molar-refractivity contribution in [3.63, 3.8) is 0 Å². The number of halogens is 2. The van der Waals surface area contributed by atoms with Gasteiger partial charge in [-0.2, -0.15) is 9.97 Å². The second-order valence-corrected chi connectivity index (χ2v) is 3.44. The van der Waals surface area contributed by atoms with E-state index in [4.69, 9.17) is 5.73 Å². The predicted octanol–water partition coefficient (Wildman–Crippen LogP) is 0.556. The molecule has 1 aliphatic heterocycles. The first kappa shape index (κ1) is 9.88. The minimum atomic E-state index is -2.61. The van der Waals surface area contributed by atoms with Crippen molar-refractivity contribution >= 4 is 17.6 Å². The highest BCUT2D eigenvalue weighted by molar-refractivity contribution is 5.53. The average Bonchev–Trinajstić information content (AvgIpc) is 2.13. The van der Waals surface area contributed by atoms with Crippen molar-refractivity contribution in [2.24, 2.45) is 0 Å². The van der Waals surface area contributed by atoms with Crippen molar-refractivity contribution in [2.75, 3.05) is 36.1 Å². The molecule has 0 saturated carbocycles. The van der Waals surface area contributed by atoms with Crippen LogP contribution in [-0.2, 0) is 0 Å². The number of aromatic nitrogens is 2. The Morgan fingerprint density at radius 2 is 2.13 bits per heavy atom. The van der Waals surface area contributed by atoms with E-state index in [1.807, 2.05) is 0 Å². The van der Waals surface area contributed by atoms with Gasteiger partial charge in [-0.05, 0) is 0 Å². The van der Waals surface area contributed by atoms with E-state index in [1.165, 1.54) is 11.0 Å². The Labute approximate surface area is 85.3 Å². The third-order valence-electron chi connectivity index (χ3n) is 2.12. The molecule has 0 spiro atoms. The molecule has 1 aromatic heterocycles. The maximum atomic E-state index is 12.6. The fourth-order valence-electron chi connectivity index (χ4n) is 1.40. The topological polar surface area (TPSA) is 67.1 Å². The lowest BCUT2D eigenvalue weighted by molar-refractivity contribution is -0.0266. The zero-order valence-corrected chi connectivity index (χ0v) is 8.17. The smallest absolute Gasteiger partial charge is 0.282 e. The molecule has 0 aliphatic carbocycles. The van der Waals surface area contributed by atoms with Crippen molar-refractivity contribution in [3.8, 4) is 0 Å². The summed E-state index contributed by atoms with van der Waals surface area (Å²) in [5, 5.41) is 2.72.